The highest BCUT2D eigenvalue weighted by atomic mass is 32.2. The van der Waals surface area contributed by atoms with Crippen LogP contribution in [0.4, 0.5) is 5.69 Å². The van der Waals surface area contributed by atoms with Gasteiger partial charge in [0.1, 0.15) is 0 Å². The Balaban J connectivity index is 1.44. The van der Waals surface area contributed by atoms with E-state index in [-0.39, 0.29) is 10.8 Å². The van der Waals surface area contributed by atoms with Crippen molar-refractivity contribution >= 4 is 21.6 Å². The lowest BCUT2D eigenvalue weighted by Gasteiger charge is -2.30. The molecular formula is C22H24N4O4S. The number of carbonyl (C=O) groups excluding carboxylic acids is 1. The molecule has 1 aliphatic rings. The van der Waals surface area contributed by atoms with Crippen LogP contribution in [0.15, 0.2) is 57.9 Å². The predicted molar refractivity (Wildman–Crippen MR) is 115 cm³/mol. The molecule has 31 heavy (non-hydrogen) atoms. The lowest BCUT2D eigenvalue weighted by atomic mass is 10.0. The number of amides is 1. The van der Waals surface area contributed by atoms with Gasteiger partial charge in [0, 0.05) is 25.1 Å². The summed E-state index contributed by atoms with van der Waals surface area (Å²) in [6, 6.07) is 13.7. The third-order valence-electron chi connectivity index (χ3n) is 5.17. The van der Waals surface area contributed by atoms with Crippen LogP contribution in [0.5, 0.6) is 0 Å². The number of para-hydroxylation sites is 1. The molecule has 1 N–H and O–H groups in total. The first-order valence-electron chi connectivity index (χ1n) is 10.2. The standard InChI is InChI=1S/C22H24N4O4S/c1-16-24-21(30-25-16)12-5-13-23-22(27)18-8-4-10-19(15-18)31(28,29)26-14-6-9-17-7-2-3-11-20(17)26/h2-4,7-8,10-11,15H,5-6,9,12-14H2,1H3,(H,23,27). The van der Waals surface area contributed by atoms with Crippen LogP contribution < -0.4 is 9.62 Å². The number of aryl methyl sites for hydroxylation is 3. The molecule has 0 atom stereocenters. The Morgan fingerprint density at radius 3 is 2.84 bits per heavy atom. The zero-order chi connectivity index (χ0) is 21.8. The monoisotopic (exact) mass is 440 g/mol. The maximum atomic E-state index is 13.3. The third kappa shape index (κ3) is 4.61. The molecule has 1 aromatic heterocycles. The lowest BCUT2D eigenvalue weighted by Crippen LogP contribution is -2.35. The van der Waals surface area contributed by atoms with Crippen molar-refractivity contribution in [3.63, 3.8) is 0 Å². The quantitative estimate of drug-likeness (QED) is 0.567. The summed E-state index contributed by atoms with van der Waals surface area (Å²) in [6.45, 7) is 2.58. The molecule has 2 aromatic carbocycles. The van der Waals surface area contributed by atoms with E-state index in [1.807, 2.05) is 24.3 Å². The highest BCUT2D eigenvalue weighted by Crippen LogP contribution is 2.31. The zero-order valence-electron chi connectivity index (χ0n) is 17.2. The Bertz CT molecular complexity index is 1190. The molecule has 2 heterocycles. The molecule has 8 nitrogen and oxygen atoms in total. The second-order valence-corrected chi connectivity index (χ2v) is 9.29. The summed E-state index contributed by atoms with van der Waals surface area (Å²) in [5.74, 6) is 0.785. The minimum atomic E-state index is -3.76. The number of nitrogens with one attached hydrogen (secondary N) is 1. The minimum Gasteiger partial charge on any atom is -0.352 e. The molecule has 9 heteroatoms. The van der Waals surface area contributed by atoms with Crippen molar-refractivity contribution in [3.8, 4) is 0 Å². The molecule has 0 fully saturated rings. The van der Waals surface area contributed by atoms with Gasteiger partial charge in [0.25, 0.3) is 15.9 Å². The predicted octanol–water partition coefficient (Wildman–Crippen LogP) is 2.88. The number of hydrogen-bond acceptors (Lipinski definition) is 6. The molecule has 4 rings (SSSR count). The number of carbonyl (C=O) groups is 1. The highest BCUT2D eigenvalue weighted by Gasteiger charge is 2.29. The van der Waals surface area contributed by atoms with Gasteiger partial charge in [-0.1, -0.05) is 29.4 Å². The molecule has 1 aliphatic heterocycles. The first-order valence-corrected chi connectivity index (χ1v) is 11.7. The van der Waals surface area contributed by atoms with Gasteiger partial charge in [-0.05, 0) is 56.0 Å². The number of hydrogen-bond donors (Lipinski definition) is 1. The normalized spacial score (nSPS) is 13.6. The fourth-order valence-corrected chi connectivity index (χ4v) is 5.25. The number of sulfonamides is 1. The van der Waals surface area contributed by atoms with Crippen LogP contribution in [-0.4, -0.2) is 37.6 Å². The second kappa shape index (κ2) is 8.89. The second-order valence-electron chi connectivity index (χ2n) is 7.43. The molecule has 0 bridgehead atoms. The Hall–Kier alpha value is -3.20. The van der Waals surface area contributed by atoms with Gasteiger partial charge in [0.2, 0.25) is 5.89 Å². The van der Waals surface area contributed by atoms with Crippen molar-refractivity contribution in [1.82, 2.24) is 15.5 Å². The average molecular weight is 441 g/mol. The van der Waals surface area contributed by atoms with E-state index >= 15 is 0 Å². The van der Waals surface area contributed by atoms with Crippen LogP contribution in [0, 0.1) is 6.92 Å². The Morgan fingerprint density at radius 2 is 2.03 bits per heavy atom. The molecule has 0 unspecified atom stereocenters. The van der Waals surface area contributed by atoms with Gasteiger partial charge in [0.15, 0.2) is 5.82 Å². The largest absolute Gasteiger partial charge is 0.352 e. The lowest BCUT2D eigenvalue weighted by molar-refractivity contribution is 0.0952. The summed E-state index contributed by atoms with van der Waals surface area (Å²) in [6.07, 6.45) is 2.81. The summed E-state index contributed by atoms with van der Waals surface area (Å²) in [5, 5.41) is 6.54. The molecule has 0 radical (unpaired) electrons. The van der Waals surface area contributed by atoms with Crippen LogP contribution in [0.25, 0.3) is 0 Å². The Morgan fingerprint density at radius 1 is 1.19 bits per heavy atom. The number of fused-ring (bicyclic) bond motifs is 1. The third-order valence-corrected chi connectivity index (χ3v) is 6.98. The highest BCUT2D eigenvalue weighted by molar-refractivity contribution is 7.92. The first kappa shape index (κ1) is 21.0. The van der Waals surface area contributed by atoms with Gasteiger partial charge in [-0.2, -0.15) is 4.98 Å². The van der Waals surface area contributed by atoms with Crippen molar-refractivity contribution in [2.45, 2.75) is 37.5 Å². The van der Waals surface area contributed by atoms with Gasteiger partial charge in [-0.15, -0.1) is 0 Å². The van der Waals surface area contributed by atoms with Crippen molar-refractivity contribution in [3.05, 3.63) is 71.4 Å². The SMILES string of the molecule is Cc1noc(CCCNC(=O)c2cccc(S(=O)(=O)N3CCCc4ccccc43)c2)n1. The van der Waals surface area contributed by atoms with E-state index in [9.17, 15) is 13.2 Å². The summed E-state index contributed by atoms with van der Waals surface area (Å²) in [5.41, 5.74) is 2.03. The van der Waals surface area contributed by atoms with Crippen LogP contribution in [0.2, 0.25) is 0 Å². The van der Waals surface area contributed by atoms with Crippen LogP contribution in [0.1, 0.15) is 40.5 Å². The van der Waals surface area contributed by atoms with Gasteiger partial charge < -0.3 is 9.84 Å². The van der Waals surface area contributed by atoms with E-state index < -0.39 is 10.0 Å². The fraction of sp³-hybridized carbons (Fsp3) is 0.318. The van der Waals surface area contributed by atoms with Crippen LogP contribution >= 0.6 is 0 Å². The van der Waals surface area contributed by atoms with Gasteiger partial charge in [-0.3, -0.25) is 9.10 Å². The molecule has 0 saturated carbocycles. The molecular weight excluding hydrogens is 416 g/mol. The van der Waals surface area contributed by atoms with E-state index in [1.54, 1.807) is 19.1 Å². The maximum absolute atomic E-state index is 13.3. The molecule has 1 amide bonds. The topological polar surface area (TPSA) is 105 Å². The minimum absolute atomic E-state index is 0.109. The number of anilines is 1. The van der Waals surface area contributed by atoms with E-state index in [1.165, 1.54) is 16.4 Å². The van der Waals surface area contributed by atoms with E-state index in [0.717, 1.165) is 18.4 Å². The fourth-order valence-electron chi connectivity index (χ4n) is 3.66. The molecule has 162 valence electrons. The average Bonchev–Trinajstić information content (AvgIpc) is 3.21. The molecule has 0 aliphatic carbocycles. The maximum Gasteiger partial charge on any atom is 0.264 e. The van der Waals surface area contributed by atoms with E-state index in [2.05, 4.69) is 15.5 Å². The molecule has 0 saturated heterocycles. The summed E-state index contributed by atoms with van der Waals surface area (Å²) in [7, 11) is -3.76. The number of nitrogens with zero attached hydrogens (tertiary/aromatic N) is 3. The molecule has 0 spiro atoms. The van der Waals surface area contributed by atoms with Crippen molar-refractivity contribution in [2.75, 3.05) is 17.4 Å². The smallest absolute Gasteiger partial charge is 0.264 e. The zero-order valence-corrected chi connectivity index (χ0v) is 18.1. The number of benzene rings is 2. The van der Waals surface area contributed by atoms with Crippen molar-refractivity contribution in [1.29, 1.82) is 0 Å². The Kier molecular flexibility index (Phi) is 6.03. The van der Waals surface area contributed by atoms with E-state index in [4.69, 9.17) is 4.52 Å². The summed E-state index contributed by atoms with van der Waals surface area (Å²) < 4.78 is 33.1. The molecule has 3 aromatic rings. The van der Waals surface area contributed by atoms with Gasteiger partial charge >= 0.3 is 0 Å². The van der Waals surface area contributed by atoms with Crippen LogP contribution in [-0.2, 0) is 22.9 Å². The van der Waals surface area contributed by atoms with Crippen molar-refractivity contribution < 1.29 is 17.7 Å². The van der Waals surface area contributed by atoms with E-state index in [0.29, 0.717) is 48.9 Å². The Labute approximate surface area is 181 Å². The number of aromatic nitrogens is 2. The van der Waals surface area contributed by atoms with Gasteiger partial charge in [0.05, 0.1) is 10.6 Å². The number of rotatable bonds is 7. The van der Waals surface area contributed by atoms with Crippen LogP contribution in [0.3, 0.4) is 0 Å². The van der Waals surface area contributed by atoms with Crippen molar-refractivity contribution in [2.24, 2.45) is 0 Å². The van der Waals surface area contributed by atoms with Gasteiger partial charge in [-0.25, -0.2) is 8.42 Å². The summed E-state index contributed by atoms with van der Waals surface area (Å²) in [4.78, 5) is 16.8. The first-order chi connectivity index (χ1) is 14.9. The summed E-state index contributed by atoms with van der Waals surface area (Å²) >= 11 is 0.